The number of ether oxygens (including phenoxy) is 3. The molecule has 8 nitrogen and oxygen atoms in total. The van der Waals surface area contributed by atoms with Crippen LogP contribution >= 0.6 is 24.0 Å². The average Bonchev–Trinajstić information content (AvgIpc) is 3.17. The molecule has 0 saturated carbocycles. The zero-order chi connectivity index (χ0) is 19.9. The third kappa shape index (κ3) is 5.99. The van der Waals surface area contributed by atoms with Crippen molar-refractivity contribution in [3.63, 3.8) is 0 Å². The number of rotatable bonds is 6. The smallest absolute Gasteiger partial charge is 0.193 e. The van der Waals surface area contributed by atoms with Gasteiger partial charge in [0.15, 0.2) is 17.5 Å². The molecule has 2 aromatic rings. The van der Waals surface area contributed by atoms with Gasteiger partial charge in [0.1, 0.15) is 6.10 Å². The van der Waals surface area contributed by atoms with E-state index in [1.165, 1.54) is 5.56 Å². The first-order valence-electron chi connectivity index (χ1n) is 9.41. The highest BCUT2D eigenvalue weighted by atomic mass is 127. The van der Waals surface area contributed by atoms with Gasteiger partial charge in [0, 0.05) is 38.9 Å². The van der Waals surface area contributed by atoms with E-state index < -0.39 is 0 Å². The van der Waals surface area contributed by atoms with Gasteiger partial charge in [-0.3, -0.25) is 9.67 Å². The predicted molar refractivity (Wildman–Crippen MR) is 124 cm³/mol. The summed E-state index contributed by atoms with van der Waals surface area (Å²) in [5.74, 6) is 2.37. The first-order chi connectivity index (χ1) is 13.6. The van der Waals surface area contributed by atoms with E-state index in [0.29, 0.717) is 6.61 Å². The molecule has 2 heterocycles. The van der Waals surface area contributed by atoms with Crippen molar-refractivity contribution >= 4 is 29.9 Å². The molecule has 1 aliphatic heterocycles. The van der Waals surface area contributed by atoms with E-state index in [-0.39, 0.29) is 30.1 Å². The van der Waals surface area contributed by atoms with Crippen molar-refractivity contribution in [1.82, 2.24) is 20.0 Å². The van der Waals surface area contributed by atoms with Crippen molar-refractivity contribution in [3.8, 4) is 11.5 Å². The first kappa shape index (κ1) is 23.3. The van der Waals surface area contributed by atoms with Gasteiger partial charge < -0.3 is 24.4 Å². The van der Waals surface area contributed by atoms with E-state index in [0.717, 1.165) is 49.1 Å². The van der Waals surface area contributed by atoms with Gasteiger partial charge in [-0.1, -0.05) is 6.07 Å². The molecule has 1 fully saturated rings. The maximum atomic E-state index is 5.92. The highest BCUT2D eigenvalue weighted by molar-refractivity contribution is 14.0. The summed E-state index contributed by atoms with van der Waals surface area (Å²) in [5.41, 5.74) is 2.27. The van der Waals surface area contributed by atoms with Crippen LogP contribution in [0.2, 0.25) is 0 Å². The molecule has 0 amide bonds. The molecule has 0 spiro atoms. The molecule has 3 rings (SSSR count). The number of nitrogens with zero attached hydrogens (tertiary/aromatic N) is 4. The summed E-state index contributed by atoms with van der Waals surface area (Å²) in [6.45, 7) is 3.00. The molecule has 0 aliphatic carbocycles. The Kier molecular flexibility index (Phi) is 9.02. The molecule has 1 aromatic carbocycles. The number of benzene rings is 1. The second-order valence-corrected chi connectivity index (χ2v) is 6.67. The number of halogens is 1. The standard InChI is InChI=1S/C20H29N5O3.HI/c1-21-20(22-8-7-15-5-6-17(26-3)18(11-15)27-4)25-9-10-28-19(14-25)16-12-23-24(2)13-16;/h5-6,11-13,19H,7-10,14H2,1-4H3,(H,21,22);1H. The van der Waals surface area contributed by atoms with Crippen LogP contribution in [0.4, 0.5) is 0 Å². The van der Waals surface area contributed by atoms with Crippen molar-refractivity contribution in [2.45, 2.75) is 12.5 Å². The Hall–Kier alpha value is -2.01. The Bertz CT molecular complexity index is 811. The number of aliphatic imine (C=N–C) groups is 1. The highest BCUT2D eigenvalue weighted by Crippen LogP contribution is 2.27. The van der Waals surface area contributed by atoms with Gasteiger partial charge in [0.05, 0.1) is 33.6 Å². The van der Waals surface area contributed by atoms with E-state index >= 15 is 0 Å². The van der Waals surface area contributed by atoms with Crippen molar-refractivity contribution < 1.29 is 14.2 Å². The maximum Gasteiger partial charge on any atom is 0.193 e. The lowest BCUT2D eigenvalue weighted by molar-refractivity contribution is -0.00800. The molecule has 160 valence electrons. The van der Waals surface area contributed by atoms with Gasteiger partial charge in [-0.25, -0.2) is 0 Å². The minimum absolute atomic E-state index is 0. The fraction of sp³-hybridized carbons (Fsp3) is 0.500. The average molecular weight is 515 g/mol. The first-order valence-corrected chi connectivity index (χ1v) is 9.41. The second-order valence-electron chi connectivity index (χ2n) is 6.67. The molecule has 1 atom stereocenters. The number of methoxy groups -OCH3 is 2. The molecular formula is C20H30IN5O3. The van der Waals surface area contributed by atoms with Crippen LogP contribution in [0.3, 0.4) is 0 Å². The summed E-state index contributed by atoms with van der Waals surface area (Å²) in [7, 11) is 7.02. The lowest BCUT2D eigenvalue weighted by atomic mass is 10.1. The molecule has 1 aliphatic rings. The molecule has 9 heteroatoms. The lowest BCUT2D eigenvalue weighted by Crippen LogP contribution is -2.48. The summed E-state index contributed by atoms with van der Waals surface area (Å²) >= 11 is 0. The van der Waals surface area contributed by atoms with Crippen LogP contribution < -0.4 is 14.8 Å². The van der Waals surface area contributed by atoms with Gasteiger partial charge in [-0.2, -0.15) is 5.10 Å². The maximum absolute atomic E-state index is 5.92. The van der Waals surface area contributed by atoms with Crippen LogP contribution in [0.5, 0.6) is 11.5 Å². The summed E-state index contributed by atoms with van der Waals surface area (Å²) in [6, 6.07) is 6.00. The molecule has 0 bridgehead atoms. The van der Waals surface area contributed by atoms with Crippen LogP contribution in [0.25, 0.3) is 0 Å². The van der Waals surface area contributed by atoms with Gasteiger partial charge >= 0.3 is 0 Å². The van der Waals surface area contributed by atoms with E-state index in [1.54, 1.807) is 18.9 Å². The number of morpholine rings is 1. The van der Waals surface area contributed by atoms with Gasteiger partial charge in [0.2, 0.25) is 0 Å². The Morgan fingerprint density at radius 2 is 2.10 bits per heavy atom. The van der Waals surface area contributed by atoms with Crippen LogP contribution in [0.1, 0.15) is 17.2 Å². The number of guanidine groups is 1. The van der Waals surface area contributed by atoms with E-state index in [4.69, 9.17) is 14.2 Å². The molecule has 1 N–H and O–H groups in total. The largest absolute Gasteiger partial charge is 0.493 e. The lowest BCUT2D eigenvalue weighted by Gasteiger charge is -2.34. The molecule has 1 aromatic heterocycles. The predicted octanol–water partition coefficient (Wildman–Crippen LogP) is 2.25. The summed E-state index contributed by atoms with van der Waals surface area (Å²) in [6.07, 6.45) is 4.73. The van der Waals surface area contributed by atoms with Gasteiger partial charge in [-0.05, 0) is 24.1 Å². The number of hydrogen-bond acceptors (Lipinski definition) is 5. The van der Waals surface area contributed by atoms with Gasteiger partial charge in [-0.15, -0.1) is 24.0 Å². The minimum atomic E-state index is 0. The molecule has 1 unspecified atom stereocenters. The monoisotopic (exact) mass is 515 g/mol. The number of aryl methyl sites for hydroxylation is 1. The van der Waals surface area contributed by atoms with Crippen molar-refractivity contribution in [1.29, 1.82) is 0 Å². The zero-order valence-corrected chi connectivity index (χ0v) is 19.8. The second kappa shape index (κ2) is 11.2. The van der Waals surface area contributed by atoms with Crippen molar-refractivity contribution in [3.05, 3.63) is 41.7 Å². The van der Waals surface area contributed by atoms with Crippen LogP contribution in [0.15, 0.2) is 35.6 Å². The molecular weight excluding hydrogens is 485 g/mol. The van der Waals surface area contributed by atoms with E-state index in [1.807, 2.05) is 38.6 Å². The van der Waals surface area contributed by atoms with Crippen molar-refractivity contribution in [2.75, 3.05) is 47.5 Å². The van der Waals surface area contributed by atoms with E-state index in [9.17, 15) is 0 Å². The number of hydrogen-bond donors (Lipinski definition) is 1. The summed E-state index contributed by atoms with van der Waals surface area (Å²) in [5, 5.41) is 7.70. The number of aromatic nitrogens is 2. The van der Waals surface area contributed by atoms with Gasteiger partial charge in [0.25, 0.3) is 0 Å². The Labute approximate surface area is 189 Å². The summed E-state index contributed by atoms with van der Waals surface area (Å²) < 4.78 is 18.4. The van der Waals surface area contributed by atoms with E-state index in [2.05, 4.69) is 26.4 Å². The van der Waals surface area contributed by atoms with Crippen LogP contribution in [-0.4, -0.2) is 68.1 Å². The third-order valence-corrected chi connectivity index (χ3v) is 4.82. The SMILES string of the molecule is CN=C(NCCc1ccc(OC)c(OC)c1)N1CCOC(c2cnn(C)c2)C1.I. The zero-order valence-electron chi connectivity index (χ0n) is 17.4. The Balaban J connectivity index is 0.00000300. The molecule has 1 saturated heterocycles. The van der Waals surface area contributed by atoms with Crippen LogP contribution in [-0.2, 0) is 18.2 Å². The fourth-order valence-corrected chi connectivity index (χ4v) is 3.34. The fourth-order valence-electron chi connectivity index (χ4n) is 3.34. The highest BCUT2D eigenvalue weighted by Gasteiger charge is 2.25. The molecule has 29 heavy (non-hydrogen) atoms. The molecule has 0 radical (unpaired) electrons. The Morgan fingerprint density at radius 3 is 2.76 bits per heavy atom. The third-order valence-electron chi connectivity index (χ3n) is 4.82. The minimum Gasteiger partial charge on any atom is -0.493 e. The summed E-state index contributed by atoms with van der Waals surface area (Å²) in [4.78, 5) is 6.68. The number of nitrogens with one attached hydrogen (secondary N) is 1. The normalized spacial score (nSPS) is 16.9. The quantitative estimate of drug-likeness (QED) is 0.362. The topological polar surface area (TPSA) is 73.1 Å². The Morgan fingerprint density at radius 1 is 1.31 bits per heavy atom. The van der Waals surface area contributed by atoms with Crippen molar-refractivity contribution in [2.24, 2.45) is 12.0 Å². The van der Waals surface area contributed by atoms with Crippen LogP contribution in [0, 0.1) is 0 Å².